The smallest absolute Gasteiger partial charge is 0.352 e. The maximum Gasteiger partial charge on any atom is 0.352 e. The molecule has 0 aromatic carbocycles. The summed E-state index contributed by atoms with van der Waals surface area (Å²) in [5.74, 6) is 0. The van der Waals surface area contributed by atoms with Gasteiger partial charge in [0.05, 0.1) is 6.61 Å². The topological polar surface area (TPSA) is 21.7 Å². The van der Waals surface area contributed by atoms with Gasteiger partial charge in [-0.25, -0.2) is 0 Å². The Morgan fingerprint density at radius 1 is 1.23 bits per heavy atom. The summed E-state index contributed by atoms with van der Waals surface area (Å²) in [6.45, 7) is 4.23. The summed E-state index contributed by atoms with van der Waals surface area (Å²) in [7, 11) is 3.98. The fourth-order valence-corrected chi connectivity index (χ4v) is 0.820. The minimum absolute atomic E-state index is 0.273. The van der Waals surface area contributed by atoms with Crippen LogP contribution in [0.3, 0.4) is 0 Å². The first kappa shape index (κ1) is 12.7. The van der Waals surface area contributed by atoms with Crippen molar-refractivity contribution < 1.29 is 9.47 Å². The van der Waals surface area contributed by atoms with Gasteiger partial charge in [0, 0.05) is 18.8 Å². The molecule has 0 aliphatic heterocycles. The summed E-state index contributed by atoms with van der Waals surface area (Å²) in [6.07, 6.45) is 2.14. The molecule has 0 atom stereocenters. The van der Waals surface area contributed by atoms with Gasteiger partial charge in [-0.1, -0.05) is 13.3 Å². The van der Waals surface area contributed by atoms with Crippen LogP contribution in [0.5, 0.6) is 0 Å². The van der Waals surface area contributed by atoms with Gasteiger partial charge in [-0.3, -0.25) is 0 Å². The number of hydrogen-bond acceptors (Lipinski definition) is 4. The summed E-state index contributed by atoms with van der Waals surface area (Å²) >= 11 is 4.86. The Bertz CT molecular complexity index is 140. The zero-order valence-corrected chi connectivity index (χ0v) is 9.52. The number of rotatable bonds is 6. The van der Waals surface area contributed by atoms with Crippen molar-refractivity contribution in [1.82, 2.24) is 4.90 Å². The van der Waals surface area contributed by atoms with Gasteiger partial charge in [0.1, 0.15) is 6.61 Å². The number of ether oxygens (including phenoxy) is 2. The quantitative estimate of drug-likeness (QED) is 0.485. The van der Waals surface area contributed by atoms with E-state index in [9.17, 15) is 0 Å². The molecule has 0 aliphatic carbocycles. The van der Waals surface area contributed by atoms with Crippen molar-refractivity contribution >= 4 is 17.5 Å². The first-order valence-electron chi connectivity index (χ1n) is 4.61. The highest BCUT2D eigenvalue weighted by molar-refractivity contribution is 7.79. The number of thiocarbonyl (C=S) groups is 1. The minimum atomic E-state index is 0.273. The molecule has 0 aromatic rings. The molecule has 0 amide bonds. The number of hydrogen-bond donors (Lipinski definition) is 0. The largest absolute Gasteiger partial charge is 0.457 e. The van der Waals surface area contributed by atoms with Crippen molar-refractivity contribution in [2.45, 2.75) is 19.8 Å². The van der Waals surface area contributed by atoms with Gasteiger partial charge < -0.3 is 14.4 Å². The summed E-state index contributed by atoms with van der Waals surface area (Å²) in [5, 5.41) is 0.273. The lowest BCUT2D eigenvalue weighted by Gasteiger charge is -2.11. The van der Waals surface area contributed by atoms with E-state index >= 15 is 0 Å². The summed E-state index contributed by atoms with van der Waals surface area (Å²) in [4.78, 5) is 2.04. The molecule has 0 aliphatic rings. The third-order valence-corrected chi connectivity index (χ3v) is 1.71. The molecular weight excluding hydrogens is 186 g/mol. The molecule has 0 rings (SSSR count). The highest BCUT2D eigenvalue weighted by atomic mass is 32.1. The maximum atomic E-state index is 5.17. The number of nitrogens with zero attached hydrogens (tertiary/aromatic N) is 1. The lowest BCUT2D eigenvalue weighted by atomic mass is 10.4. The standard InChI is InChI=1S/C9H19NO2S/c1-4-5-7-11-9(13)12-8-6-10(2)3/h4-8H2,1-3H3. The Morgan fingerprint density at radius 2 is 1.85 bits per heavy atom. The van der Waals surface area contributed by atoms with E-state index in [1.807, 2.05) is 19.0 Å². The van der Waals surface area contributed by atoms with Crippen LogP contribution in [-0.4, -0.2) is 44.0 Å². The second-order valence-electron chi connectivity index (χ2n) is 3.10. The van der Waals surface area contributed by atoms with Crippen LogP contribution in [0.15, 0.2) is 0 Å². The van der Waals surface area contributed by atoms with E-state index in [4.69, 9.17) is 21.7 Å². The van der Waals surface area contributed by atoms with Crippen molar-refractivity contribution in [3.63, 3.8) is 0 Å². The Kier molecular flexibility index (Phi) is 8.04. The maximum absolute atomic E-state index is 5.17. The molecular formula is C9H19NO2S. The lowest BCUT2D eigenvalue weighted by molar-refractivity contribution is 0.162. The number of unbranched alkanes of at least 4 members (excludes halogenated alkanes) is 1. The molecule has 0 heterocycles. The summed E-state index contributed by atoms with van der Waals surface area (Å²) in [6, 6.07) is 0. The molecule has 0 radical (unpaired) electrons. The van der Waals surface area contributed by atoms with Gasteiger partial charge in [-0.2, -0.15) is 0 Å². The predicted molar refractivity (Wildman–Crippen MR) is 58.0 cm³/mol. The van der Waals surface area contributed by atoms with Crippen LogP contribution in [0.2, 0.25) is 0 Å². The molecule has 4 heteroatoms. The molecule has 78 valence electrons. The molecule has 0 aromatic heterocycles. The highest BCUT2D eigenvalue weighted by Crippen LogP contribution is 1.92. The average molecular weight is 205 g/mol. The fraction of sp³-hybridized carbons (Fsp3) is 0.889. The van der Waals surface area contributed by atoms with E-state index < -0.39 is 0 Å². The normalized spacial score (nSPS) is 10.2. The monoisotopic (exact) mass is 205 g/mol. The van der Waals surface area contributed by atoms with Gasteiger partial charge >= 0.3 is 5.24 Å². The first-order valence-corrected chi connectivity index (χ1v) is 5.02. The van der Waals surface area contributed by atoms with Crippen LogP contribution in [0.1, 0.15) is 19.8 Å². The van der Waals surface area contributed by atoms with E-state index in [0.29, 0.717) is 13.2 Å². The van der Waals surface area contributed by atoms with Gasteiger partial charge in [0.2, 0.25) is 0 Å². The Hall–Kier alpha value is -0.350. The molecule has 0 saturated carbocycles. The summed E-state index contributed by atoms with van der Waals surface area (Å²) < 4.78 is 10.3. The second kappa shape index (κ2) is 8.26. The van der Waals surface area contributed by atoms with Crippen LogP contribution in [-0.2, 0) is 9.47 Å². The van der Waals surface area contributed by atoms with Crippen molar-refractivity contribution in [2.75, 3.05) is 33.9 Å². The third kappa shape index (κ3) is 9.56. The third-order valence-electron chi connectivity index (χ3n) is 1.48. The van der Waals surface area contributed by atoms with Crippen LogP contribution in [0.25, 0.3) is 0 Å². The molecule has 13 heavy (non-hydrogen) atoms. The Balaban J connectivity index is 3.20. The molecule has 0 spiro atoms. The molecule has 0 unspecified atom stereocenters. The van der Waals surface area contributed by atoms with Crippen molar-refractivity contribution in [3.05, 3.63) is 0 Å². The zero-order valence-electron chi connectivity index (χ0n) is 8.71. The van der Waals surface area contributed by atoms with Gasteiger partial charge in [0.15, 0.2) is 0 Å². The van der Waals surface area contributed by atoms with Crippen molar-refractivity contribution in [2.24, 2.45) is 0 Å². The van der Waals surface area contributed by atoms with E-state index in [1.165, 1.54) is 0 Å². The predicted octanol–water partition coefficient (Wildman–Crippen LogP) is 1.67. The highest BCUT2D eigenvalue weighted by Gasteiger charge is 1.97. The molecule has 0 N–H and O–H groups in total. The average Bonchev–Trinajstić information content (AvgIpc) is 2.04. The van der Waals surface area contributed by atoms with Gasteiger partial charge in [-0.15, -0.1) is 0 Å². The SMILES string of the molecule is CCCCOC(=S)OCCN(C)C. The van der Waals surface area contributed by atoms with E-state index in [2.05, 4.69) is 6.92 Å². The molecule has 0 bridgehead atoms. The number of likely N-dealkylation sites (N-methyl/N-ethyl adjacent to an activating group) is 1. The van der Waals surface area contributed by atoms with Crippen molar-refractivity contribution in [3.8, 4) is 0 Å². The Labute approximate surface area is 86.0 Å². The molecule has 3 nitrogen and oxygen atoms in total. The molecule has 0 fully saturated rings. The van der Waals surface area contributed by atoms with Crippen LogP contribution >= 0.6 is 12.2 Å². The van der Waals surface area contributed by atoms with Crippen molar-refractivity contribution in [1.29, 1.82) is 0 Å². The second-order valence-corrected chi connectivity index (χ2v) is 3.44. The zero-order chi connectivity index (χ0) is 10.1. The fourth-order valence-electron chi connectivity index (χ4n) is 0.653. The lowest BCUT2D eigenvalue weighted by Crippen LogP contribution is -2.20. The van der Waals surface area contributed by atoms with E-state index in [1.54, 1.807) is 0 Å². The van der Waals surface area contributed by atoms with Crippen LogP contribution < -0.4 is 0 Å². The molecule has 0 saturated heterocycles. The Morgan fingerprint density at radius 3 is 2.38 bits per heavy atom. The van der Waals surface area contributed by atoms with E-state index in [-0.39, 0.29) is 5.24 Å². The van der Waals surface area contributed by atoms with Crippen LogP contribution in [0, 0.1) is 0 Å². The van der Waals surface area contributed by atoms with Crippen LogP contribution in [0.4, 0.5) is 0 Å². The van der Waals surface area contributed by atoms with Gasteiger partial charge in [0.25, 0.3) is 0 Å². The first-order chi connectivity index (χ1) is 6.16. The minimum Gasteiger partial charge on any atom is -0.457 e. The van der Waals surface area contributed by atoms with Gasteiger partial charge in [-0.05, 0) is 20.5 Å². The van der Waals surface area contributed by atoms with E-state index in [0.717, 1.165) is 19.4 Å². The summed E-state index contributed by atoms with van der Waals surface area (Å²) in [5.41, 5.74) is 0.